The van der Waals surface area contributed by atoms with Crippen molar-refractivity contribution in [1.82, 2.24) is 9.21 Å². The number of sulfonamides is 1. The number of amides is 1. The molecule has 1 aromatic rings. The molecule has 1 aliphatic heterocycles. The van der Waals surface area contributed by atoms with E-state index in [0.717, 1.165) is 17.5 Å². The fraction of sp³-hybridized carbons (Fsp3) is 0.579. The first kappa shape index (κ1) is 19.8. The lowest BCUT2D eigenvalue weighted by Gasteiger charge is -2.34. The lowest BCUT2D eigenvalue weighted by atomic mass is 10.1. The van der Waals surface area contributed by atoms with Crippen molar-refractivity contribution < 1.29 is 22.7 Å². The van der Waals surface area contributed by atoms with Crippen LogP contribution in [0.3, 0.4) is 0 Å². The number of benzene rings is 1. The summed E-state index contributed by atoms with van der Waals surface area (Å²) in [5.41, 5.74) is 1.97. The molecular weight excluding hydrogens is 368 g/mol. The van der Waals surface area contributed by atoms with Crippen LogP contribution in [0.25, 0.3) is 0 Å². The molecule has 7 nitrogen and oxygen atoms in total. The molecule has 1 heterocycles. The fourth-order valence-corrected chi connectivity index (χ4v) is 4.69. The van der Waals surface area contributed by atoms with Crippen LogP contribution in [-0.2, 0) is 24.3 Å². The molecule has 1 aromatic carbocycles. The number of piperazine rings is 1. The molecule has 0 spiro atoms. The van der Waals surface area contributed by atoms with Crippen molar-refractivity contribution in [1.29, 1.82) is 0 Å². The highest BCUT2D eigenvalue weighted by molar-refractivity contribution is 7.89. The van der Waals surface area contributed by atoms with E-state index < -0.39 is 10.0 Å². The molecule has 8 heteroatoms. The highest BCUT2D eigenvalue weighted by Gasteiger charge is 2.41. The molecule has 148 valence electrons. The summed E-state index contributed by atoms with van der Waals surface area (Å²) in [6, 6.07) is 5.10. The maximum atomic E-state index is 12.8. The SMILES string of the molecule is Cc1ccc(S(=O)(=O)N2CCN(C(=O)COC(=O)[C@H]3C[C@H]3C)CC2)cc1C. The van der Waals surface area contributed by atoms with E-state index in [0.29, 0.717) is 19.0 Å². The predicted molar refractivity (Wildman–Crippen MR) is 99.5 cm³/mol. The van der Waals surface area contributed by atoms with Gasteiger partial charge in [0.1, 0.15) is 0 Å². The molecule has 27 heavy (non-hydrogen) atoms. The van der Waals surface area contributed by atoms with Gasteiger partial charge in [-0.15, -0.1) is 0 Å². The standard InChI is InChI=1S/C19H26N2O5S/c1-13-4-5-16(10-14(13)2)27(24,25)21-8-6-20(7-9-21)18(22)12-26-19(23)17-11-15(17)3/h4-5,10,15,17H,6-9,11-12H2,1-3H3/t15-,17+/m1/s1. The van der Waals surface area contributed by atoms with Crippen molar-refractivity contribution in [3.8, 4) is 0 Å². The van der Waals surface area contributed by atoms with Crippen LogP contribution >= 0.6 is 0 Å². The van der Waals surface area contributed by atoms with Gasteiger partial charge in [0.15, 0.2) is 6.61 Å². The molecule has 3 rings (SSSR count). The van der Waals surface area contributed by atoms with Crippen molar-refractivity contribution in [2.24, 2.45) is 11.8 Å². The molecule has 0 unspecified atom stereocenters. The average molecular weight is 394 g/mol. The van der Waals surface area contributed by atoms with Crippen LogP contribution in [0.5, 0.6) is 0 Å². The van der Waals surface area contributed by atoms with Gasteiger partial charge in [-0.2, -0.15) is 4.31 Å². The number of nitrogens with zero attached hydrogens (tertiary/aromatic N) is 2. The number of ether oxygens (including phenoxy) is 1. The van der Waals surface area contributed by atoms with Crippen LogP contribution in [0.2, 0.25) is 0 Å². The van der Waals surface area contributed by atoms with Gasteiger partial charge >= 0.3 is 5.97 Å². The van der Waals surface area contributed by atoms with E-state index in [-0.39, 0.29) is 42.4 Å². The van der Waals surface area contributed by atoms with Crippen LogP contribution in [-0.4, -0.2) is 62.3 Å². The molecule has 1 saturated carbocycles. The molecule has 2 fully saturated rings. The second-order valence-corrected chi connectivity index (χ2v) is 9.40. The zero-order chi connectivity index (χ0) is 19.8. The van der Waals surface area contributed by atoms with E-state index >= 15 is 0 Å². The van der Waals surface area contributed by atoms with Crippen molar-refractivity contribution in [2.45, 2.75) is 32.1 Å². The molecule has 1 aliphatic carbocycles. The Hall–Kier alpha value is -1.93. The van der Waals surface area contributed by atoms with Gasteiger partial charge in [-0.05, 0) is 49.4 Å². The zero-order valence-electron chi connectivity index (χ0n) is 16.0. The van der Waals surface area contributed by atoms with Crippen LogP contribution < -0.4 is 0 Å². The third-order valence-corrected chi connectivity index (χ3v) is 7.35. The Morgan fingerprint density at radius 1 is 1.11 bits per heavy atom. The normalized spacial score (nSPS) is 23.1. The van der Waals surface area contributed by atoms with E-state index in [2.05, 4.69) is 0 Å². The van der Waals surface area contributed by atoms with Gasteiger partial charge in [-0.1, -0.05) is 13.0 Å². The lowest BCUT2D eigenvalue weighted by Crippen LogP contribution is -2.51. The smallest absolute Gasteiger partial charge is 0.309 e. The third-order valence-electron chi connectivity index (χ3n) is 5.46. The van der Waals surface area contributed by atoms with Crippen LogP contribution in [0.1, 0.15) is 24.5 Å². The van der Waals surface area contributed by atoms with Crippen molar-refractivity contribution in [2.75, 3.05) is 32.8 Å². The minimum atomic E-state index is -3.58. The maximum absolute atomic E-state index is 12.8. The summed E-state index contributed by atoms with van der Waals surface area (Å²) >= 11 is 0. The van der Waals surface area contributed by atoms with Crippen molar-refractivity contribution in [3.05, 3.63) is 29.3 Å². The Balaban J connectivity index is 1.53. The number of aryl methyl sites for hydroxylation is 2. The van der Waals surface area contributed by atoms with Gasteiger partial charge in [0, 0.05) is 26.2 Å². The Morgan fingerprint density at radius 3 is 2.30 bits per heavy atom. The van der Waals surface area contributed by atoms with Gasteiger partial charge in [-0.25, -0.2) is 8.42 Å². The number of hydrogen-bond donors (Lipinski definition) is 0. The molecule has 0 radical (unpaired) electrons. The fourth-order valence-electron chi connectivity index (χ4n) is 3.18. The number of esters is 1. The van der Waals surface area contributed by atoms with E-state index in [4.69, 9.17) is 4.74 Å². The monoisotopic (exact) mass is 394 g/mol. The van der Waals surface area contributed by atoms with Crippen LogP contribution in [0.4, 0.5) is 0 Å². The first-order valence-electron chi connectivity index (χ1n) is 9.22. The topological polar surface area (TPSA) is 84.0 Å². The molecule has 1 amide bonds. The van der Waals surface area contributed by atoms with E-state index in [1.807, 2.05) is 20.8 Å². The van der Waals surface area contributed by atoms with Crippen LogP contribution in [0, 0.1) is 25.7 Å². The number of carbonyl (C=O) groups is 2. The predicted octanol–water partition coefficient (Wildman–Crippen LogP) is 1.34. The van der Waals surface area contributed by atoms with E-state index in [9.17, 15) is 18.0 Å². The van der Waals surface area contributed by atoms with Crippen molar-refractivity contribution >= 4 is 21.9 Å². The Labute approximate surface area is 160 Å². The maximum Gasteiger partial charge on any atom is 0.309 e. The molecular formula is C19H26N2O5S. The van der Waals surface area contributed by atoms with Crippen molar-refractivity contribution in [3.63, 3.8) is 0 Å². The highest BCUT2D eigenvalue weighted by atomic mass is 32.2. The van der Waals surface area contributed by atoms with Gasteiger partial charge in [0.05, 0.1) is 10.8 Å². The number of carbonyl (C=O) groups excluding carboxylic acids is 2. The molecule has 2 atom stereocenters. The lowest BCUT2D eigenvalue weighted by molar-refractivity contribution is -0.153. The van der Waals surface area contributed by atoms with Gasteiger partial charge in [-0.3, -0.25) is 9.59 Å². The summed E-state index contributed by atoms with van der Waals surface area (Å²) in [7, 11) is -3.58. The quantitative estimate of drug-likeness (QED) is 0.704. The van der Waals surface area contributed by atoms with Crippen LogP contribution in [0.15, 0.2) is 23.1 Å². The minimum Gasteiger partial charge on any atom is -0.455 e. The van der Waals surface area contributed by atoms with E-state index in [1.165, 1.54) is 4.31 Å². The second-order valence-electron chi connectivity index (χ2n) is 7.46. The summed E-state index contributed by atoms with van der Waals surface area (Å²) in [6.45, 7) is 6.57. The summed E-state index contributed by atoms with van der Waals surface area (Å²) in [5.74, 6) is -0.323. The Kier molecular flexibility index (Phi) is 5.58. The number of rotatable bonds is 5. The van der Waals surface area contributed by atoms with Gasteiger partial charge < -0.3 is 9.64 Å². The average Bonchev–Trinajstić information content (AvgIpc) is 3.38. The molecule has 2 aliphatic rings. The summed E-state index contributed by atoms with van der Waals surface area (Å²) < 4.78 is 32.1. The molecule has 1 saturated heterocycles. The van der Waals surface area contributed by atoms with Gasteiger partial charge in [0.25, 0.3) is 5.91 Å². The minimum absolute atomic E-state index is 0.0715. The summed E-state index contributed by atoms with van der Waals surface area (Å²) in [6.07, 6.45) is 0.821. The largest absolute Gasteiger partial charge is 0.455 e. The Morgan fingerprint density at radius 2 is 1.74 bits per heavy atom. The van der Waals surface area contributed by atoms with Gasteiger partial charge in [0.2, 0.25) is 10.0 Å². The molecule has 0 bridgehead atoms. The molecule has 0 aromatic heterocycles. The third kappa shape index (κ3) is 4.32. The zero-order valence-corrected chi connectivity index (χ0v) is 16.8. The first-order chi connectivity index (χ1) is 12.7. The highest BCUT2D eigenvalue weighted by Crippen LogP contribution is 2.38. The Bertz CT molecular complexity index is 844. The second kappa shape index (κ2) is 7.59. The van der Waals surface area contributed by atoms with E-state index in [1.54, 1.807) is 23.1 Å². The first-order valence-corrected chi connectivity index (χ1v) is 10.7. The number of hydrogen-bond acceptors (Lipinski definition) is 5. The summed E-state index contributed by atoms with van der Waals surface area (Å²) in [4.78, 5) is 25.8. The summed E-state index contributed by atoms with van der Waals surface area (Å²) in [5, 5.41) is 0. The molecule has 0 N–H and O–H groups in total.